The van der Waals surface area contributed by atoms with Crippen molar-refractivity contribution in [1.82, 2.24) is 0 Å². The second-order valence-corrected chi connectivity index (χ2v) is 6.09. The summed E-state index contributed by atoms with van der Waals surface area (Å²) in [5.74, 6) is 0.0294. The average Bonchev–Trinajstić information content (AvgIpc) is 2.70. The minimum Gasteiger partial charge on any atom is -0.460 e. The maximum atomic E-state index is 12.5. The van der Waals surface area contributed by atoms with E-state index in [1.54, 1.807) is 33.8 Å². The zero-order valence-corrected chi connectivity index (χ0v) is 13.2. The number of carbonyl (C=O) groups excluding carboxylic acids is 1. The highest BCUT2D eigenvalue weighted by Crippen LogP contribution is 2.52. The predicted octanol–water partition coefficient (Wildman–Crippen LogP) is 3.53. The van der Waals surface area contributed by atoms with Crippen molar-refractivity contribution in [3.05, 3.63) is 23.2 Å². The Labute approximate surface area is 118 Å². The molecule has 0 N–H and O–H groups in total. The molecule has 0 saturated carbocycles. The van der Waals surface area contributed by atoms with E-state index >= 15 is 0 Å². The van der Waals surface area contributed by atoms with Gasteiger partial charge in [-0.2, -0.15) is 0 Å². The van der Waals surface area contributed by atoms with E-state index in [-0.39, 0.29) is 31.7 Å². The van der Waals surface area contributed by atoms with Crippen molar-refractivity contribution in [2.75, 3.05) is 19.8 Å². The van der Waals surface area contributed by atoms with Crippen LogP contribution in [0.2, 0.25) is 0 Å². The quantitative estimate of drug-likeness (QED) is 0.540. The molecule has 0 aromatic carbocycles. The SMILES string of the molecule is CCOC(=O)c1oc(C)cc1CP(=O)(OCC)OCC. The molecule has 0 radical (unpaired) electrons. The molecule has 1 heterocycles. The lowest BCUT2D eigenvalue weighted by Crippen LogP contribution is -2.07. The van der Waals surface area contributed by atoms with Crippen molar-refractivity contribution in [2.24, 2.45) is 0 Å². The van der Waals surface area contributed by atoms with Crippen LogP contribution in [0.25, 0.3) is 0 Å². The summed E-state index contributed by atoms with van der Waals surface area (Å²) in [6, 6.07) is 1.65. The molecule has 0 aliphatic carbocycles. The fraction of sp³-hybridized carbons (Fsp3) is 0.615. The van der Waals surface area contributed by atoms with Crippen LogP contribution >= 0.6 is 7.60 Å². The highest BCUT2D eigenvalue weighted by atomic mass is 31.2. The van der Waals surface area contributed by atoms with Crippen LogP contribution in [0.5, 0.6) is 0 Å². The summed E-state index contributed by atoms with van der Waals surface area (Å²) in [4.78, 5) is 11.8. The van der Waals surface area contributed by atoms with Gasteiger partial charge in [0.1, 0.15) is 5.76 Å². The fourth-order valence-electron chi connectivity index (χ4n) is 1.78. The summed E-state index contributed by atoms with van der Waals surface area (Å²) < 4.78 is 33.2. The minimum absolute atomic E-state index is 0.0137. The zero-order chi connectivity index (χ0) is 15.2. The van der Waals surface area contributed by atoms with Gasteiger partial charge in [0.15, 0.2) is 0 Å². The molecule has 0 saturated heterocycles. The first-order valence-corrected chi connectivity index (χ1v) is 8.33. The molecule has 0 spiro atoms. The summed E-state index contributed by atoms with van der Waals surface area (Å²) in [5, 5.41) is 0. The van der Waals surface area contributed by atoms with E-state index in [9.17, 15) is 9.36 Å². The van der Waals surface area contributed by atoms with Gasteiger partial charge >= 0.3 is 13.6 Å². The van der Waals surface area contributed by atoms with Crippen molar-refractivity contribution in [1.29, 1.82) is 0 Å². The largest absolute Gasteiger partial charge is 0.460 e. The van der Waals surface area contributed by atoms with Crippen LogP contribution in [0.3, 0.4) is 0 Å². The van der Waals surface area contributed by atoms with E-state index in [2.05, 4.69) is 0 Å². The monoisotopic (exact) mass is 304 g/mol. The molecule has 0 atom stereocenters. The Bertz CT molecular complexity index is 483. The third-order valence-electron chi connectivity index (χ3n) is 2.41. The molecule has 0 aliphatic rings. The maximum absolute atomic E-state index is 12.5. The van der Waals surface area contributed by atoms with Crippen LogP contribution in [0.4, 0.5) is 0 Å². The Kier molecular flexibility index (Phi) is 6.46. The van der Waals surface area contributed by atoms with Crippen LogP contribution < -0.4 is 0 Å². The number of hydrogen-bond acceptors (Lipinski definition) is 6. The van der Waals surface area contributed by atoms with Gasteiger partial charge in [-0.15, -0.1) is 0 Å². The third kappa shape index (κ3) is 4.47. The average molecular weight is 304 g/mol. The van der Waals surface area contributed by atoms with Crippen molar-refractivity contribution >= 4 is 13.6 Å². The molecule has 0 bridgehead atoms. The summed E-state index contributed by atoms with van der Waals surface area (Å²) >= 11 is 0. The molecule has 0 aliphatic heterocycles. The number of ether oxygens (including phenoxy) is 1. The lowest BCUT2D eigenvalue weighted by molar-refractivity contribution is 0.0487. The van der Waals surface area contributed by atoms with Gasteiger partial charge in [-0.1, -0.05) is 0 Å². The van der Waals surface area contributed by atoms with Gasteiger partial charge in [-0.25, -0.2) is 4.79 Å². The Morgan fingerprint density at radius 1 is 1.20 bits per heavy atom. The first kappa shape index (κ1) is 17.0. The van der Waals surface area contributed by atoms with Crippen molar-refractivity contribution < 1.29 is 27.6 Å². The highest BCUT2D eigenvalue weighted by Gasteiger charge is 2.29. The zero-order valence-electron chi connectivity index (χ0n) is 12.3. The first-order chi connectivity index (χ1) is 9.45. The fourth-order valence-corrected chi connectivity index (χ4v) is 3.48. The van der Waals surface area contributed by atoms with Gasteiger partial charge in [-0.05, 0) is 33.8 Å². The van der Waals surface area contributed by atoms with Gasteiger partial charge in [0.2, 0.25) is 5.76 Å². The standard InChI is InChI=1S/C13H21O6P/c1-5-16-13(14)12-11(8-10(4)19-12)9-20(15,17-6-2)18-7-3/h8H,5-7,9H2,1-4H3. The first-order valence-electron chi connectivity index (χ1n) is 6.60. The van der Waals surface area contributed by atoms with E-state index in [0.29, 0.717) is 11.3 Å². The van der Waals surface area contributed by atoms with Crippen LogP contribution in [0.1, 0.15) is 42.6 Å². The van der Waals surface area contributed by atoms with Crippen molar-refractivity contribution in [3.8, 4) is 0 Å². The molecule has 0 amide bonds. The predicted molar refractivity (Wildman–Crippen MR) is 74.0 cm³/mol. The molecule has 0 unspecified atom stereocenters. The number of hydrogen-bond donors (Lipinski definition) is 0. The summed E-state index contributed by atoms with van der Waals surface area (Å²) in [6.45, 7) is 7.66. The Morgan fingerprint density at radius 3 is 2.30 bits per heavy atom. The molecule has 114 valence electrons. The van der Waals surface area contributed by atoms with Gasteiger partial charge in [0, 0.05) is 5.56 Å². The second kappa shape index (κ2) is 7.62. The summed E-state index contributed by atoms with van der Waals surface area (Å²) in [6.07, 6.45) is -0.0137. The highest BCUT2D eigenvalue weighted by molar-refractivity contribution is 7.53. The van der Waals surface area contributed by atoms with E-state index < -0.39 is 13.6 Å². The molecule has 0 fully saturated rings. The molecule has 1 aromatic heterocycles. The van der Waals surface area contributed by atoms with Gasteiger partial charge in [-0.3, -0.25) is 4.57 Å². The van der Waals surface area contributed by atoms with Gasteiger partial charge < -0.3 is 18.2 Å². The number of aryl methyl sites for hydroxylation is 1. The van der Waals surface area contributed by atoms with E-state index in [0.717, 1.165) is 0 Å². The topological polar surface area (TPSA) is 75.0 Å². The van der Waals surface area contributed by atoms with Gasteiger partial charge in [0.25, 0.3) is 0 Å². The minimum atomic E-state index is -3.28. The number of carbonyl (C=O) groups is 1. The molecule has 20 heavy (non-hydrogen) atoms. The third-order valence-corrected chi connectivity index (χ3v) is 4.44. The number of esters is 1. The molecular formula is C13H21O6P. The van der Waals surface area contributed by atoms with E-state index in [1.807, 2.05) is 0 Å². The van der Waals surface area contributed by atoms with E-state index in [1.165, 1.54) is 0 Å². The normalized spacial score (nSPS) is 11.6. The molecule has 6 nitrogen and oxygen atoms in total. The molecule has 1 rings (SSSR count). The number of furan rings is 1. The Morgan fingerprint density at radius 2 is 1.80 bits per heavy atom. The van der Waals surface area contributed by atoms with E-state index in [4.69, 9.17) is 18.2 Å². The lowest BCUT2D eigenvalue weighted by atomic mass is 10.2. The van der Waals surface area contributed by atoms with Crippen molar-refractivity contribution in [2.45, 2.75) is 33.9 Å². The molecule has 7 heteroatoms. The Hall–Kier alpha value is -1.10. The molecular weight excluding hydrogens is 283 g/mol. The van der Waals surface area contributed by atoms with Crippen molar-refractivity contribution in [3.63, 3.8) is 0 Å². The maximum Gasteiger partial charge on any atom is 0.374 e. The van der Waals surface area contributed by atoms with Gasteiger partial charge in [0.05, 0.1) is 26.0 Å². The summed E-state index contributed by atoms with van der Waals surface area (Å²) in [7, 11) is -3.28. The molecule has 1 aromatic rings. The number of rotatable bonds is 8. The van der Waals surface area contributed by atoms with Crippen LogP contribution in [0, 0.1) is 6.92 Å². The lowest BCUT2D eigenvalue weighted by Gasteiger charge is -2.16. The van der Waals surface area contributed by atoms with Crippen LogP contribution in [-0.2, 0) is 24.5 Å². The Balaban J connectivity index is 3.01. The smallest absolute Gasteiger partial charge is 0.374 e. The van der Waals surface area contributed by atoms with Crippen LogP contribution in [0.15, 0.2) is 10.5 Å². The second-order valence-electron chi connectivity index (χ2n) is 4.04. The van der Waals surface area contributed by atoms with Crippen LogP contribution in [-0.4, -0.2) is 25.8 Å². The summed E-state index contributed by atoms with van der Waals surface area (Å²) in [5.41, 5.74) is 0.478.